The van der Waals surface area contributed by atoms with Crippen molar-refractivity contribution in [2.24, 2.45) is 0 Å². The zero-order chi connectivity index (χ0) is 19.1. The van der Waals surface area contributed by atoms with Gasteiger partial charge in [0.05, 0.1) is 18.1 Å². The van der Waals surface area contributed by atoms with Crippen LogP contribution in [-0.4, -0.2) is 18.4 Å². The molecule has 1 N–H and O–H groups in total. The van der Waals surface area contributed by atoms with Gasteiger partial charge in [-0.3, -0.25) is 4.79 Å². The normalized spacial score (nSPS) is 20.8. The van der Waals surface area contributed by atoms with Crippen LogP contribution >= 0.6 is 11.3 Å². The largest absolute Gasteiger partial charge is 0.463 e. The fourth-order valence-electron chi connectivity index (χ4n) is 3.66. The SMILES string of the molecule is CCOC(=O)C1=C(C)NC2=C(C(=O)CCC2)C1c1ccc(C(C)(C)C)s1. The predicted molar refractivity (Wildman–Crippen MR) is 104 cm³/mol. The molecule has 1 aromatic rings. The Morgan fingerprint density at radius 2 is 2.04 bits per heavy atom. The van der Waals surface area contributed by atoms with Crippen molar-refractivity contribution in [3.8, 4) is 0 Å². The van der Waals surface area contributed by atoms with Crippen LogP contribution in [0, 0.1) is 0 Å². The predicted octanol–water partition coefficient (Wildman–Crippen LogP) is 4.58. The van der Waals surface area contributed by atoms with Crippen LogP contribution in [0.4, 0.5) is 0 Å². The van der Waals surface area contributed by atoms with Gasteiger partial charge in [-0.25, -0.2) is 4.79 Å². The molecule has 5 heteroatoms. The number of thiophene rings is 1. The van der Waals surface area contributed by atoms with Gasteiger partial charge in [-0.2, -0.15) is 0 Å². The van der Waals surface area contributed by atoms with Crippen molar-refractivity contribution in [3.05, 3.63) is 44.4 Å². The number of esters is 1. The number of nitrogens with one attached hydrogen (secondary N) is 1. The van der Waals surface area contributed by atoms with E-state index in [1.165, 1.54) is 4.88 Å². The van der Waals surface area contributed by atoms with E-state index in [9.17, 15) is 9.59 Å². The van der Waals surface area contributed by atoms with Crippen LogP contribution in [0.1, 0.15) is 69.6 Å². The Labute approximate surface area is 159 Å². The van der Waals surface area contributed by atoms with Gasteiger partial charge in [0.25, 0.3) is 0 Å². The molecule has 0 saturated carbocycles. The van der Waals surface area contributed by atoms with Gasteiger partial charge in [0.15, 0.2) is 5.78 Å². The maximum Gasteiger partial charge on any atom is 0.336 e. The standard InChI is InChI=1S/C21H27NO3S/c1-6-25-20(24)17-12(2)22-13-8-7-9-14(23)18(13)19(17)15-10-11-16(26-15)21(3,4)5/h10-11,19,22H,6-9H2,1-5H3. The number of dihydropyridines is 1. The van der Waals surface area contributed by atoms with Crippen LogP contribution in [-0.2, 0) is 19.7 Å². The zero-order valence-electron chi connectivity index (χ0n) is 16.2. The molecule has 1 atom stereocenters. The third kappa shape index (κ3) is 3.37. The number of ether oxygens (including phenoxy) is 1. The third-order valence-electron chi connectivity index (χ3n) is 4.92. The molecule has 4 nitrogen and oxygen atoms in total. The van der Waals surface area contributed by atoms with Crippen LogP contribution in [0.25, 0.3) is 0 Å². The Hall–Kier alpha value is -1.88. The Kier molecular flexibility index (Phi) is 5.11. The van der Waals surface area contributed by atoms with Gasteiger partial charge in [0.1, 0.15) is 0 Å². The van der Waals surface area contributed by atoms with Crippen molar-refractivity contribution >= 4 is 23.1 Å². The molecular weight excluding hydrogens is 346 g/mol. The van der Waals surface area contributed by atoms with Crippen molar-refractivity contribution < 1.29 is 14.3 Å². The molecule has 0 saturated heterocycles. The lowest BCUT2D eigenvalue weighted by atomic mass is 9.78. The molecule has 140 valence electrons. The number of hydrogen-bond acceptors (Lipinski definition) is 5. The summed E-state index contributed by atoms with van der Waals surface area (Å²) in [5, 5.41) is 3.32. The molecule has 0 spiro atoms. The fourth-order valence-corrected chi connectivity index (χ4v) is 4.84. The highest BCUT2D eigenvalue weighted by Gasteiger charge is 2.40. The maximum absolute atomic E-state index is 12.8. The Morgan fingerprint density at radius 3 is 2.65 bits per heavy atom. The van der Waals surface area contributed by atoms with Crippen LogP contribution in [0.3, 0.4) is 0 Å². The van der Waals surface area contributed by atoms with Crippen molar-refractivity contribution in [3.63, 3.8) is 0 Å². The van der Waals surface area contributed by atoms with E-state index in [0.717, 1.165) is 34.7 Å². The lowest BCUT2D eigenvalue weighted by molar-refractivity contribution is -0.138. The minimum absolute atomic E-state index is 0.0342. The van der Waals surface area contributed by atoms with Gasteiger partial charge in [-0.1, -0.05) is 20.8 Å². The summed E-state index contributed by atoms with van der Waals surface area (Å²) < 4.78 is 5.33. The van der Waals surface area contributed by atoms with E-state index in [1.807, 2.05) is 6.92 Å². The van der Waals surface area contributed by atoms with Crippen molar-refractivity contribution in [1.29, 1.82) is 0 Å². The number of carbonyl (C=O) groups excluding carboxylic acids is 2. The van der Waals surface area contributed by atoms with E-state index in [4.69, 9.17) is 4.74 Å². The summed E-state index contributed by atoms with van der Waals surface area (Å²) in [5.74, 6) is -0.513. The Bertz CT molecular complexity index is 807. The lowest BCUT2D eigenvalue weighted by Gasteiger charge is -2.33. The summed E-state index contributed by atoms with van der Waals surface area (Å²) in [5.41, 5.74) is 3.14. The summed E-state index contributed by atoms with van der Waals surface area (Å²) in [4.78, 5) is 27.8. The molecule has 0 amide bonds. The van der Waals surface area contributed by atoms with E-state index in [2.05, 4.69) is 38.2 Å². The number of rotatable bonds is 3. The van der Waals surface area contributed by atoms with Gasteiger partial charge in [0.2, 0.25) is 0 Å². The van der Waals surface area contributed by atoms with Crippen LogP contribution < -0.4 is 5.32 Å². The van der Waals surface area contributed by atoms with Crippen molar-refractivity contribution in [2.45, 2.75) is 65.2 Å². The fraction of sp³-hybridized carbons (Fsp3) is 0.524. The molecule has 0 radical (unpaired) electrons. The molecule has 0 bridgehead atoms. The summed E-state index contributed by atoms with van der Waals surface area (Å²) in [6.45, 7) is 10.6. The quantitative estimate of drug-likeness (QED) is 0.788. The molecule has 2 aliphatic rings. The van der Waals surface area contributed by atoms with Gasteiger partial charge in [-0.05, 0) is 44.2 Å². The first-order valence-corrected chi connectivity index (χ1v) is 10.1. The Balaban J connectivity index is 2.14. The molecule has 0 fully saturated rings. The van der Waals surface area contributed by atoms with Gasteiger partial charge < -0.3 is 10.1 Å². The highest BCUT2D eigenvalue weighted by molar-refractivity contribution is 7.12. The number of hydrogen-bond donors (Lipinski definition) is 1. The van der Waals surface area contributed by atoms with E-state index in [-0.39, 0.29) is 23.1 Å². The van der Waals surface area contributed by atoms with E-state index >= 15 is 0 Å². The number of ketones is 1. The van der Waals surface area contributed by atoms with Crippen molar-refractivity contribution in [2.75, 3.05) is 6.61 Å². The summed E-state index contributed by atoms with van der Waals surface area (Å²) >= 11 is 1.69. The van der Waals surface area contributed by atoms with Crippen LogP contribution in [0.2, 0.25) is 0 Å². The highest BCUT2D eigenvalue weighted by Crippen LogP contribution is 2.45. The monoisotopic (exact) mass is 373 g/mol. The number of allylic oxidation sites excluding steroid dienone is 3. The first-order valence-electron chi connectivity index (χ1n) is 9.25. The molecule has 3 rings (SSSR count). The smallest absolute Gasteiger partial charge is 0.336 e. The first kappa shape index (κ1) is 18.9. The topological polar surface area (TPSA) is 55.4 Å². The van der Waals surface area contributed by atoms with Gasteiger partial charge in [0, 0.05) is 33.1 Å². The minimum atomic E-state index is -0.335. The molecule has 0 aromatic carbocycles. The second-order valence-electron chi connectivity index (χ2n) is 7.94. The van der Waals surface area contributed by atoms with Crippen LogP contribution in [0.5, 0.6) is 0 Å². The number of carbonyl (C=O) groups is 2. The van der Waals surface area contributed by atoms with Gasteiger partial charge in [-0.15, -0.1) is 11.3 Å². The lowest BCUT2D eigenvalue weighted by Crippen LogP contribution is -2.34. The number of Topliss-reactive ketones (excluding diaryl/α,β-unsaturated/α-hetero) is 1. The molecular formula is C21H27NO3S. The summed E-state index contributed by atoms with van der Waals surface area (Å²) in [6, 6.07) is 4.19. The van der Waals surface area contributed by atoms with E-state index in [0.29, 0.717) is 18.6 Å². The molecule has 26 heavy (non-hydrogen) atoms. The average Bonchev–Trinajstić information content (AvgIpc) is 3.03. The maximum atomic E-state index is 12.8. The molecule has 1 aliphatic carbocycles. The summed E-state index contributed by atoms with van der Waals surface area (Å²) in [7, 11) is 0. The minimum Gasteiger partial charge on any atom is -0.463 e. The average molecular weight is 374 g/mol. The molecule has 1 aromatic heterocycles. The second-order valence-corrected chi connectivity index (χ2v) is 9.05. The summed E-state index contributed by atoms with van der Waals surface area (Å²) in [6.07, 6.45) is 2.25. The van der Waals surface area contributed by atoms with E-state index in [1.54, 1.807) is 18.3 Å². The molecule has 2 heterocycles. The third-order valence-corrected chi connectivity index (χ3v) is 6.50. The zero-order valence-corrected chi connectivity index (χ0v) is 17.0. The second kappa shape index (κ2) is 7.03. The van der Waals surface area contributed by atoms with Crippen LogP contribution in [0.15, 0.2) is 34.7 Å². The van der Waals surface area contributed by atoms with Gasteiger partial charge >= 0.3 is 5.97 Å². The van der Waals surface area contributed by atoms with E-state index < -0.39 is 0 Å². The first-order chi connectivity index (χ1) is 12.2. The Morgan fingerprint density at radius 1 is 1.31 bits per heavy atom. The molecule has 1 aliphatic heterocycles. The highest BCUT2D eigenvalue weighted by atomic mass is 32.1. The molecule has 1 unspecified atom stereocenters. The van der Waals surface area contributed by atoms with Crippen molar-refractivity contribution in [1.82, 2.24) is 5.32 Å².